The van der Waals surface area contributed by atoms with Crippen LogP contribution in [0.25, 0.3) is 0 Å². The van der Waals surface area contributed by atoms with E-state index in [1.165, 1.54) is 0 Å². The number of para-hydroxylation sites is 1. The fourth-order valence-corrected chi connectivity index (χ4v) is 3.88. The Hall–Kier alpha value is -1.59. The number of aryl methyl sites for hydroxylation is 1. The van der Waals surface area contributed by atoms with Crippen LogP contribution >= 0.6 is 0 Å². The van der Waals surface area contributed by atoms with Crippen molar-refractivity contribution in [3.8, 4) is 5.75 Å². The maximum atomic E-state index is 11.4. The highest BCUT2D eigenvalue weighted by Crippen LogP contribution is 2.51. The summed E-state index contributed by atoms with van der Waals surface area (Å²) < 4.78 is 11.0. The van der Waals surface area contributed by atoms with Crippen molar-refractivity contribution in [3.63, 3.8) is 0 Å². The van der Waals surface area contributed by atoms with E-state index >= 15 is 0 Å². The molecule has 2 N–H and O–H groups in total. The molecule has 1 aromatic carbocycles. The van der Waals surface area contributed by atoms with Gasteiger partial charge < -0.3 is 19.7 Å². The molecule has 0 radical (unpaired) electrons. The minimum absolute atomic E-state index is 0.0295. The molecule has 0 unspecified atom stereocenters. The van der Waals surface area contributed by atoms with Gasteiger partial charge in [-0.2, -0.15) is 0 Å². The van der Waals surface area contributed by atoms with Crippen LogP contribution in [0.4, 0.5) is 0 Å². The molecule has 0 saturated heterocycles. The molecule has 2 aliphatic rings. The molecule has 1 aromatic rings. The van der Waals surface area contributed by atoms with Gasteiger partial charge in [-0.3, -0.25) is 4.79 Å². The number of carbonyl (C=O) groups is 1. The zero-order valence-electron chi connectivity index (χ0n) is 13.4. The van der Waals surface area contributed by atoms with Gasteiger partial charge in [0, 0.05) is 36.8 Å². The van der Waals surface area contributed by atoms with E-state index in [2.05, 4.69) is 0 Å². The van der Waals surface area contributed by atoms with Gasteiger partial charge in [0.1, 0.15) is 11.9 Å². The molecule has 1 saturated carbocycles. The molecule has 3 rings (SSSR count). The topological polar surface area (TPSA) is 76.0 Å². The van der Waals surface area contributed by atoms with Gasteiger partial charge in [-0.1, -0.05) is 18.2 Å². The van der Waals surface area contributed by atoms with Gasteiger partial charge in [0.25, 0.3) is 0 Å². The summed E-state index contributed by atoms with van der Waals surface area (Å²) in [6, 6.07) is 6.04. The third-order valence-electron chi connectivity index (χ3n) is 4.93. The first kappa shape index (κ1) is 16.3. The third kappa shape index (κ3) is 3.08. The third-order valence-corrected chi connectivity index (χ3v) is 4.93. The van der Waals surface area contributed by atoms with E-state index in [-0.39, 0.29) is 30.5 Å². The minimum atomic E-state index is -0.504. The molecule has 23 heavy (non-hydrogen) atoms. The Bertz CT molecular complexity index is 571. The average molecular weight is 320 g/mol. The van der Waals surface area contributed by atoms with E-state index in [9.17, 15) is 15.0 Å². The van der Waals surface area contributed by atoms with Gasteiger partial charge in [0.05, 0.1) is 12.7 Å². The number of benzene rings is 1. The Balaban J connectivity index is 1.71. The largest absolute Gasteiger partial charge is 0.489 e. The second-order valence-corrected chi connectivity index (χ2v) is 6.33. The van der Waals surface area contributed by atoms with Crippen LogP contribution in [-0.2, 0) is 16.0 Å². The van der Waals surface area contributed by atoms with Gasteiger partial charge in [0.2, 0.25) is 0 Å². The van der Waals surface area contributed by atoms with E-state index < -0.39 is 6.10 Å². The number of ether oxygens (including phenoxy) is 2. The molecular formula is C18H24O5. The summed E-state index contributed by atoms with van der Waals surface area (Å²) in [7, 11) is 0. The van der Waals surface area contributed by atoms with Crippen LogP contribution in [-0.4, -0.2) is 41.6 Å². The van der Waals surface area contributed by atoms with Crippen molar-refractivity contribution in [1.82, 2.24) is 0 Å². The van der Waals surface area contributed by atoms with Crippen LogP contribution in [0.3, 0.4) is 0 Å². The monoisotopic (exact) mass is 320 g/mol. The van der Waals surface area contributed by atoms with Crippen molar-refractivity contribution >= 4 is 5.97 Å². The number of carbonyl (C=O) groups excluding carboxylic acids is 1. The first-order chi connectivity index (χ1) is 11.2. The first-order valence-corrected chi connectivity index (χ1v) is 8.38. The SMILES string of the molecule is CCOC(=O)CCCc1cccc2c1O[C@H]1C[C@@H](O)[C@H](CO)[C@@H]21. The maximum absolute atomic E-state index is 11.4. The molecule has 0 bridgehead atoms. The van der Waals surface area contributed by atoms with Crippen LogP contribution in [0.5, 0.6) is 5.75 Å². The number of aliphatic hydroxyl groups is 2. The lowest BCUT2D eigenvalue weighted by Gasteiger charge is -2.18. The highest BCUT2D eigenvalue weighted by atomic mass is 16.5. The quantitative estimate of drug-likeness (QED) is 0.782. The van der Waals surface area contributed by atoms with Crippen molar-refractivity contribution < 1.29 is 24.5 Å². The fourth-order valence-electron chi connectivity index (χ4n) is 3.88. The Morgan fingerprint density at radius 1 is 1.43 bits per heavy atom. The molecule has 126 valence electrons. The number of rotatable bonds is 6. The summed E-state index contributed by atoms with van der Waals surface area (Å²) in [5.41, 5.74) is 2.17. The Morgan fingerprint density at radius 2 is 2.26 bits per heavy atom. The number of hydrogen-bond acceptors (Lipinski definition) is 5. The summed E-state index contributed by atoms with van der Waals surface area (Å²) >= 11 is 0. The molecule has 0 amide bonds. The Morgan fingerprint density at radius 3 is 3.00 bits per heavy atom. The van der Waals surface area contributed by atoms with E-state index in [0.29, 0.717) is 19.4 Å². The zero-order chi connectivity index (χ0) is 16.4. The molecule has 1 aliphatic carbocycles. The molecule has 1 fully saturated rings. The predicted octanol–water partition coefficient (Wildman–Crippen LogP) is 1.79. The average Bonchev–Trinajstić information content (AvgIpc) is 3.02. The summed E-state index contributed by atoms with van der Waals surface area (Å²) in [6.07, 6.45) is 1.89. The summed E-state index contributed by atoms with van der Waals surface area (Å²) in [5.74, 6) is 0.629. The van der Waals surface area contributed by atoms with Gasteiger partial charge in [-0.25, -0.2) is 0 Å². The number of aliphatic hydroxyl groups excluding tert-OH is 2. The fraction of sp³-hybridized carbons (Fsp3) is 0.611. The molecular weight excluding hydrogens is 296 g/mol. The second kappa shape index (κ2) is 6.89. The van der Waals surface area contributed by atoms with Crippen LogP contribution in [0, 0.1) is 5.92 Å². The molecule has 4 atom stereocenters. The first-order valence-electron chi connectivity index (χ1n) is 8.38. The van der Waals surface area contributed by atoms with Gasteiger partial charge in [-0.05, 0) is 25.3 Å². The molecule has 1 heterocycles. The highest BCUT2D eigenvalue weighted by Gasteiger charge is 2.49. The van der Waals surface area contributed by atoms with Crippen LogP contribution in [0.2, 0.25) is 0 Å². The van der Waals surface area contributed by atoms with E-state index in [1.54, 1.807) is 6.92 Å². The van der Waals surface area contributed by atoms with E-state index in [0.717, 1.165) is 29.7 Å². The lowest BCUT2D eigenvalue weighted by molar-refractivity contribution is -0.143. The van der Waals surface area contributed by atoms with Crippen molar-refractivity contribution in [3.05, 3.63) is 29.3 Å². The maximum Gasteiger partial charge on any atom is 0.305 e. The zero-order valence-corrected chi connectivity index (χ0v) is 13.4. The smallest absolute Gasteiger partial charge is 0.305 e. The van der Waals surface area contributed by atoms with Gasteiger partial charge >= 0.3 is 5.97 Å². The predicted molar refractivity (Wildman–Crippen MR) is 84.4 cm³/mol. The number of fused-ring (bicyclic) bond motifs is 3. The highest BCUT2D eigenvalue weighted by molar-refractivity contribution is 5.69. The van der Waals surface area contributed by atoms with Crippen molar-refractivity contribution in [2.24, 2.45) is 5.92 Å². The van der Waals surface area contributed by atoms with Crippen LogP contribution in [0.1, 0.15) is 43.2 Å². The van der Waals surface area contributed by atoms with Crippen molar-refractivity contribution in [1.29, 1.82) is 0 Å². The van der Waals surface area contributed by atoms with Crippen molar-refractivity contribution in [2.45, 2.75) is 50.7 Å². The van der Waals surface area contributed by atoms with Crippen LogP contribution in [0.15, 0.2) is 18.2 Å². The summed E-state index contributed by atoms with van der Waals surface area (Å²) in [5, 5.41) is 19.6. The Kier molecular flexibility index (Phi) is 4.87. The summed E-state index contributed by atoms with van der Waals surface area (Å²) in [6.45, 7) is 2.19. The standard InChI is InChI=1S/C18H24O5/c1-2-22-16(21)8-4-6-11-5-3-7-12-17-13(10-19)14(20)9-15(17)23-18(11)12/h3,5,7,13-15,17,19-20H,2,4,6,8-10H2,1H3/t13-,14+,15-,17+/m0/s1. The van der Waals surface area contributed by atoms with Crippen molar-refractivity contribution in [2.75, 3.05) is 13.2 Å². The lowest BCUT2D eigenvalue weighted by Crippen LogP contribution is -2.22. The van der Waals surface area contributed by atoms with E-state index in [4.69, 9.17) is 9.47 Å². The molecule has 5 heteroatoms. The summed E-state index contributed by atoms with van der Waals surface area (Å²) in [4.78, 5) is 11.4. The minimum Gasteiger partial charge on any atom is -0.489 e. The molecule has 1 aliphatic heterocycles. The van der Waals surface area contributed by atoms with Gasteiger partial charge in [-0.15, -0.1) is 0 Å². The molecule has 0 aromatic heterocycles. The van der Waals surface area contributed by atoms with Crippen LogP contribution < -0.4 is 4.74 Å². The molecule has 0 spiro atoms. The van der Waals surface area contributed by atoms with Gasteiger partial charge in [0.15, 0.2) is 0 Å². The lowest BCUT2D eigenvalue weighted by atomic mass is 9.87. The molecule has 5 nitrogen and oxygen atoms in total. The van der Waals surface area contributed by atoms with E-state index in [1.807, 2.05) is 18.2 Å². The normalized spacial score (nSPS) is 28.1. The number of hydrogen-bond donors (Lipinski definition) is 2. The second-order valence-electron chi connectivity index (χ2n) is 6.33. The number of esters is 1. The Labute approximate surface area is 136 Å².